The molecule has 1 heterocycles. The van der Waals surface area contributed by atoms with Crippen LogP contribution in [0.2, 0.25) is 0 Å². The monoisotopic (exact) mass is 332 g/mol. The van der Waals surface area contributed by atoms with Crippen LogP contribution in [0.4, 0.5) is 5.69 Å². The van der Waals surface area contributed by atoms with E-state index < -0.39 is 0 Å². The molecule has 0 radical (unpaired) electrons. The van der Waals surface area contributed by atoms with Gasteiger partial charge in [-0.1, -0.05) is 26.0 Å². The van der Waals surface area contributed by atoms with Crippen molar-refractivity contribution < 1.29 is 14.3 Å². The first-order chi connectivity index (χ1) is 11.5. The molecule has 1 unspecified atom stereocenters. The second-order valence-electron chi connectivity index (χ2n) is 6.50. The first-order valence-corrected chi connectivity index (χ1v) is 8.78. The van der Waals surface area contributed by atoms with E-state index in [-0.39, 0.29) is 24.2 Å². The van der Waals surface area contributed by atoms with Crippen molar-refractivity contribution in [3.8, 4) is 0 Å². The van der Waals surface area contributed by atoms with Crippen LogP contribution in [0.15, 0.2) is 24.3 Å². The van der Waals surface area contributed by atoms with Gasteiger partial charge in [0.25, 0.3) is 0 Å². The van der Waals surface area contributed by atoms with E-state index in [1.165, 1.54) is 5.56 Å². The van der Waals surface area contributed by atoms with Gasteiger partial charge in [0.15, 0.2) is 0 Å². The van der Waals surface area contributed by atoms with E-state index in [4.69, 9.17) is 4.74 Å². The zero-order valence-corrected chi connectivity index (χ0v) is 14.9. The smallest absolute Gasteiger partial charge is 0.227 e. The van der Waals surface area contributed by atoms with E-state index in [9.17, 15) is 9.59 Å². The number of anilines is 1. The molecule has 0 spiro atoms. The molecule has 24 heavy (non-hydrogen) atoms. The lowest BCUT2D eigenvalue weighted by atomic mass is 10.0. The number of carbonyl (C=O) groups excluding carboxylic acids is 2. The molecule has 0 aliphatic carbocycles. The van der Waals surface area contributed by atoms with E-state index in [1.807, 2.05) is 25.1 Å². The SMILES string of the molecule is CCOCCCNC(=O)C1CC(=O)N(c2cccc(C(C)C)c2)C1. The molecule has 132 valence electrons. The Morgan fingerprint density at radius 1 is 1.42 bits per heavy atom. The maximum absolute atomic E-state index is 12.3. The van der Waals surface area contributed by atoms with Gasteiger partial charge in [0.05, 0.1) is 5.92 Å². The third kappa shape index (κ3) is 4.81. The van der Waals surface area contributed by atoms with Crippen molar-refractivity contribution in [3.05, 3.63) is 29.8 Å². The summed E-state index contributed by atoms with van der Waals surface area (Å²) in [5, 5.41) is 2.91. The molecule has 2 amide bonds. The molecule has 1 aromatic carbocycles. The van der Waals surface area contributed by atoms with Crippen molar-refractivity contribution in [1.29, 1.82) is 0 Å². The van der Waals surface area contributed by atoms with Crippen LogP contribution in [0.5, 0.6) is 0 Å². The van der Waals surface area contributed by atoms with Crippen LogP contribution in [-0.2, 0) is 14.3 Å². The number of nitrogens with zero attached hydrogens (tertiary/aromatic N) is 1. The van der Waals surface area contributed by atoms with Crippen LogP contribution < -0.4 is 10.2 Å². The van der Waals surface area contributed by atoms with Gasteiger partial charge >= 0.3 is 0 Å². The minimum Gasteiger partial charge on any atom is -0.382 e. The van der Waals surface area contributed by atoms with E-state index >= 15 is 0 Å². The molecule has 1 saturated heterocycles. The fraction of sp³-hybridized carbons (Fsp3) is 0.579. The number of nitrogens with one attached hydrogen (secondary N) is 1. The number of ether oxygens (including phenoxy) is 1. The third-order valence-electron chi connectivity index (χ3n) is 4.31. The molecule has 1 aliphatic heterocycles. The van der Waals surface area contributed by atoms with Crippen molar-refractivity contribution in [1.82, 2.24) is 5.32 Å². The Balaban J connectivity index is 1.91. The Morgan fingerprint density at radius 2 is 2.21 bits per heavy atom. The zero-order chi connectivity index (χ0) is 17.5. The van der Waals surface area contributed by atoms with Crippen molar-refractivity contribution in [2.75, 3.05) is 31.2 Å². The number of benzene rings is 1. The number of amides is 2. The van der Waals surface area contributed by atoms with Crippen LogP contribution in [0.1, 0.15) is 45.1 Å². The molecule has 1 N–H and O–H groups in total. The van der Waals surface area contributed by atoms with Gasteiger partial charge in [0, 0.05) is 38.4 Å². The fourth-order valence-corrected chi connectivity index (χ4v) is 2.86. The molecule has 1 fully saturated rings. The van der Waals surface area contributed by atoms with Crippen LogP contribution in [0, 0.1) is 5.92 Å². The summed E-state index contributed by atoms with van der Waals surface area (Å²) in [6, 6.07) is 8.02. The van der Waals surface area contributed by atoms with Gasteiger partial charge < -0.3 is 15.0 Å². The minimum absolute atomic E-state index is 0.0189. The Labute approximate surface area is 144 Å². The van der Waals surface area contributed by atoms with Gasteiger partial charge in [-0.15, -0.1) is 0 Å². The normalized spacial score (nSPS) is 17.6. The standard InChI is InChI=1S/C19H28N2O3/c1-4-24-10-6-9-20-19(23)16-12-18(22)21(13-16)17-8-5-7-15(11-17)14(2)3/h5,7-8,11,14,16H,4,6,9-10,12-13H2,1-3H3,(H,20,23). The quantitative estimate of drug-likeness (QED) is 0.745. The fourth-order valence-electron chi connectivity index (χ4n) is 2.86. The lowest BCUT2D eigenvalue weighted by molar-refractivity contribution is -0.126. The summed E-state index contributed by atoms with van der Waals surface area (Å²) in [7, 11) is 0. The molecule has 1 aliphatic rings. The van der Waals surface area contributed by atoms with E-state index in [2.05, 4.69) is 25.2 Å². The molecule has 5 nitrogen and oxygen atoms in total. The molecule has 0 saturated carbocycles. The second-order valence-corrected chi connectivity index (χ2v) is 6.50. The summed E-state index contributed by atoms with van der Waals surface area (Å²) < 4.78 is 5.25. The molecular formula is C19H28N2O3. The van der Waals surface area contributed by atoms with E-state index in [0.29, 0.717) is 32.2 Å². The highest BCUT2D eigenvalue weighted by Crippen LogP contribution is 2.27. The number of rotatable bonds is 8. The largest absolute Gasteiger partial charge is 0.382 e. The lowest BCUT2D eigenvalue weighted by Gasteiger charge is -2.18. The summed E-state index contributed by atoms with van der Waals surface area (Å²) in [5.41, 5.74) is 2.09. The first-order valence-electron chi connectivity index (χ1n) is 8.78. The maximum atomic E-state index is 12.3. The first kappa shape index (κ1) is 18.5. The molecule has 0 bridgehead atoms. The summed E-state index contributed by atoms with van der Waals surface area (Å²) >= 11 is 0. The lowest BCUT2D eigenvalue weighted by Crippen LogP contribution is -2.33. The summed E-state index contributed by atoms with van der Waals surface area (Å²) in [6.45, 7) is 8.59. The molecule has 0 aromatic heterocycles. The number of hydrogen-bond acceptors (Lipinski definition) is 3. The van der Waals surface area contributed by atoms with Gasteiger partial charge in [-0.05, 0) is 37.0 Å². The van der Waals surface area contributed by atoms with Gasteiger partial charge in [-0.25, -0.2) is 0 Å². The summed E-state index contributed by atoms with van der Waals surface area (Å²) in [6.07, 6.45) is 1.07. The maximum Gasteiger partial charge on any atom is 0.227 e. The predicted octanol–water partition coefficient (Wildman–Crippen LogP) is 2.71. The Hall–Kier alpha value is -1.88. The van der Waals surface area contributed by atoms with Crippen molar-refractivity contribution in [3.63, 3.8) is 0 Å². The molecule has 1 atom stereocenters. The minimum atomic E-state index is -0.271. The number of hydrogen-bond donors (Lipinski definition) is 1. The second kappa shape index (κ2) is 8.83. The van der Waals surface area contributed by atoms with E-state index in [1.54, 1.807) is 4.90 Å². The zero-order valence-electron chi connectivity index (χ0n) is 14.9. The molecule has 5 heteroatoms. The molecular weight excluding hydrogens is 304 g/mol. The highest BCUT2D eigenvalue weighted by molar-refractivity contribution is 6.00. The van der Waals surface area contributed by atoms with Crippen LogP contribution in [0.25, 0.3) is 0 Å². The van der Waals surface area contributed by atoms with Gasteiger partial charge in [-0.2, -0.15) is 0 Å². The Kier molecular flexibility index (Phi) is 6.79. The van der Waals surface area contributed by atoms with Crippen LogP contribution in [0.3, 0.4) is 0 Å². The highest BCUT2D eigenvalue weighted by atomic mass is 16.5. The number of carbonyl (C=O) groups is 2. The van der Waals surface area contributed by atoms with Crippen LogP contribution in [-0.4, -0.2) is 38.1 Å². The average Bonchev–Trinajstić information content (AvgIpc) is 2.96. The van der Waals surface area contributed by atoms with Crippen LogP contribution >= 0.6 is 0 Å². The topological polar surface area (TPSA) is 58.6 Å². The molecule has 2 rings (SSSR count). The Morgan fingerprint density at radius 3 is 2.92 bits per heavy atom. The third-order valence-corrected chi connectivity index (χ3v) is 4.31. The van der Waals surface area contributed by atoms with Crippen molar-refractivity contribution in [2.45, 2.75) is 39.5 Å². The molecule has 1 aromatic rings. The van der Waals surface area contributed by atoms with Crippen molar-refractivity contribution >= 4 is 17.5 Å². The van der Waals surface area contributed by atoms with E-state index in [0.717, 1.165) is 12.1 Å². The predicted molar refractivity (Wildman–Crippen MR) is 95.1 cm³/mol. The van der Waals surface area contributed by atoms with Gasteiger partial charge in [0.2, 0.25) is 11.8 Å². The summed E-state index contributed by atoms with van der Waals surface area (Å²) in [4.78, 5) is 26.3. The van der Waals surface area contributed by atoms with Crippen molar-refractivity contribution in [2.24, 2.45) is 5.92 Å². The van der Waals surface area contributed by atoms with Gasteiger partial charge in [-0.3, -0.25) is 9.59 Å². The van der Waals surface area contributed by atoms with Gasteiger partial charge in [0.1, 0.15) is 0 Å². The Bertz CT molecular complexity index is 571. The highest BCUT2D eigenvalue weighted by Gasteiger charge is 2.35. The summed E-state index contributed by atoms with van der Waals surface area (Å²) in [5.74, 6) is 0.118. The average molecular weight is 332 g/mol.